The number of halogens is 3. The fourth-order valence-corrected chi connectivity index (χ4v) is 3.55. The molecule has 0 aliphatic rings. The standard InChI is InChI=1S/C24H22F3N3OS/c1-32-22-12-11-18(14-19(22)24(25,26)27)29-15-17-8-6-16(7-9-17)10-13-23(31)30-21-5-3-2-4-20(21)28/h2-14,29H,15,28H2,1H3,(H,30,31). The number of anilines is 3. The highest BCUT2D eigenvalue weighted by atomic mass is 32.2. The number of carbonyl (C=O) groups is 1. The van der Waals surface area contributed by atoms with E-state index in [-0.39, 0.29) is 10.8 Å². The first kappa shape index (κ1) is 23.3. The first-order valence-electron chi connectivity index (χ1n) is 9.68. The van der Waals surface area contributed by atoms with Crippen LogP contribution in [0.15, 0.2) is 77.7 Å². The Kier molecular flexibility index (Phi) is 7.48. The van der Waals surface area contributed by atoms with Crippen LogP contribution in [0.25, 0.3) is 6.08 Å². The van der Waals surface area contributed by atoms with E-state index in [1.165, 1.54) is 12.1 Å². The Morgan fingerprint density at radius 2 is 1.78 bits per heavy atom. The molecule has 0 aromatic heterocycles. The maximum atomic E-state index is 13.2. The molecule has 8 heteroatoms. The lowest BCUT2D eigenvalue weighted by molar-refractivity contribution is -0.139. The monoisotopic (exact) mass is 457 g/mol. The van der Waals surface area contributed by atoms with E-state index in [0.29, 0.717) is 23.6 Å². The Bertz CT molecular complexity index is 1110. The molecule has 4 nitrogen and oxygen atoms in total. The Labute approximate surface area is 188 Å². The third-order valence-corrected chi connectivity index (χ3v) is 5.42. The van der Waals surface area contributed by atoms with E-state index in [9.17, 15) is 18.0 Å². The van der Waals surface area contributed by atoms with Crippen LogP contribution in [-0.2, 0) is 17.5 Å². The van der Waals surface area contributed by atoms with Crippen LogP contribution in [0.5, 0.6) is 0 Å². The summed E-state index contributed by atoms with van der Waals surface area (Å²) in [6, 6.07) is 18.6. The summed E-state index contributed by atoms with van der Waals surface area (Å²) in [6.45, 7) is 0.369. The fourth-order valence-electron chi connectivity index (χ4n) is 2.95. The van der Waals surface area contributed by atoms with Crippen LogP contribution < -0.4 is 16.4 Å². The van der Waals surface area contributed by atoms with Gasteiger partial charge in [0.2, 0.25) is 5.91 Å². The third-order valence-electron chi connectivity index (χ3n) is 4.63. The maximum absolute atomic E-state index is 13.2. The number of nitrogens with two attached hydrogens (primary N) is 1. The van der Waals surface area contributed by atoms with Gasteiger partial charge in [-0.05, 0) is 53.8 Å². The summed E-state index contributed by atoms with van der Waals surface area (Å²) < 4.78 is 39.6. The Balaban J connectivity index is 1.59. The molecule has 166 valence electrons. The van der Waals surface area contributed by atoms with Crippen LogP contribution >= 0.6 is 11.8 Å². The highest BCUT2D eigenvalue weighted by Gasteiger charge is 2.33. The molecule has 0 saturated carbocycles. The Morgan fingerprint density at radius 3 is 2.44 bits per heavy atom. The van der Waals surface area contributed by atoms with E-state index >= 15 is 0 Å². The van der Waals surface area contributed by atoms with Gasteiger partial charge in [0, 0.05) is 23.2 Å². The van der Waals surface area contributed by atoms with Crippen molar-refractivity contribution in [3.8, 4) is 0 Å². The van der Waals surface area contributed by atoms with Gasteiger partial charge in [-0.2, -0.15) is 13.2 Å². The average molecular weight is 458 g/mol. The molecule has 0 aliphatic carbocycles. The summed E-state index contributed by atoms with van der Waals surface area (Å²) in [4.78, 5) is 12.3. The molecule has 3 aromatic rings. The van der Waals surface area contributed by atoms with E-state index in [1.54, 1.807) is 42.7 Å². The smallest absolute Gasteiger partial charge is 0.397 e. The number of nitrogen functional groups attached to an aromatic ring is 1. The number of carbonyl (C=O) groups excluding carboxylic acids is 1. The predicted molar refractivity (Wildman–Crippen MR) is 126 cm³/mol. The van der Waals surface area contributed by atoms with Crippen molar-refractivity contribution in [2.45, 2.75) is 17.6 Å². The van der Waals surface area contributed by atoms with E-state index in [0.717, 1.165) is 29.0 Å². The van der Waals surface area contributed by atoms with Gasteiger partial charge in [-0.1, -0.05) is 36.4 Å². The van der Waals surface area contributed by atoms with Gasteiger partial charge in [0.25, 0.3) is 0 Å². The Hall–Kier alpha value is -3.39. The van der Waals surface area contributed by atoms with Crippen molar-refractivity contribution < 1.29 is 18.0 Å². The predicted octanol–water partition coefficient (Wildman–Crippen LogP) is 6.27. The molecule has 0 fully saturated rings. The molecule has 0 unspecified atom stereocenters. The summed E-state index contributed by atoms with van der Waals surface area (Å²) in [5.74, 6) is -0.303. The van der Waals surface area contributed by atoms with E-state index < -0.39 is 11.7 Å². The largest absolute Gasteiger partial charge is 0.417 e. The summed E-state index contributed by atoms with van der Waals surface area (Å²) in [7, 11) is 0. The molecular formula is C24H22F3N3OS. The van der Waals surface area contributed by atoms with Gasteiger partial charge in [0.15, 0.2) is 0 Å². The van der Waals surface area contributed by atoms with Gasteiger partial charge in [-0.25, -0.2) is 0 Å². The number of thioether (sulfide) groups is 1. The molecule has 3 rings (SSSR count). The van der Waals surface area contributed by atoms with Crippen LogP contribution in [0, 0.1) is 0 Å². The number of alkyl halides is 3. The van der Waals surface area contributed by atoms with Gasteiger partial charge >= 0.3 is 6.18 Å². The molecule has 1 amide bonds. The molecular weight excluding hydrogens is 435 g/mol. The minimum Gasteiger partial charge on any atom is -0.397 e. The first-order chi connectivity index (χ1) is 15.3. The zero-order valence-corrected chi connectivity index (χ0v) is 18.1. The number of hydrogen-bond donors (Lipinski definition) is 3. The highest BCUT2D eigenvalue weighted by Crippen LogP contribution is 2.37. The maximum Gasteiger partial charge on any atom is 0.417 e. The van der Waals surface area contributed by atoms with Crippen molar-refractivity contribution in [2.24, 2.45) is 0 Å². The molecule has 4 N–H and O–H groups in total. The summed E-state index contributed by atoms with van der Waals surface area (Å²) >= 11 is 1.07. The summed E-state index contributed by atoms with van der Waals surface area (Å²) in [6.07, 6.45) is 0.297. The van der Waals surface area contributed by atoms with Gasteiger partial charge < -0.3 is 16.4 Å². The highest BCUT2D eigenvalue weighted by molar-refractivity contribution is 7.98. The molecule has 0 saturated heterocycles. The van der Waals surface area contributed by atoms with Crippen molar-refractivity contribution in [1.82, 2.24) is 0 Å². The zero-order valence-electron chi connectivity index (χ0n) is 17.2. The normalized spacial score (nSPS) is 11.5. The van der Waals surface area contributed by atoms with Gasteiger partial charge in [-0.3, -0.25) is 4.79 Å². The topological polar surface area (TPSA) is 67.2 Å². The average Bonchev–Trinajstić information content (AvgIpc) is 2.78. The second-order valence-electron chi connectivity index (χ2n) is 6.92. The number of amides is 1. The van der Waals surface area contributed by atoms with E-state index in [1.807, 2.05) is 24.3 Å². The second-order valence-corrected chi connectivity index (χ2v) is 7.77. The quantitative estimate of drug-likeness (QED) is 0.222. The van der Waals surface area contributed by atoms with Crippen LogP contribution in [0.3, 0.4) is 0 Å². The molecule has 3 aromatic carbocycles. The van der Waals surface area contributed by atoms with Gasteiger partial charge in [0.1, 0.15) is 0 Å². The minimum atomic E-state index is -4.40. The van der Waals surface area contributed by atoms with Crippen LogP contribution in [0.2, 0.25) is 0 Å². The van der Waals surface area contributed by atoms with Crippen LogP contribution in [0.1, 0.15) is 16.7 Å². The van der Waals surface area contributed by atoms with Crippen LogP contribution in [0.4, 0.5) is 30.2 Å². The van der Waals surface area contributed by atoms with Gasteiger partial charge in [0.05, 0.1) is 16.9 Å². The molecule has 0 radical (unpaired) electrons. The SMILES string of the molecule is CSc1ccc(NCc2ccc(C=CC(=O)Nc3ccccc3N)cc2)cc1C(F)(F)F. The minimum absolute atomic E-state index is 0.193. The van der Waals surface area contributed by atoms with Gasteiger partial charge in [-0.15, -0.1) is 11.8 Å². The van der Waals surface area contributed by atoms with Crippen molar-refractivity contribution in [2.75, 3.05) is 22.6 Å². The van der Waals surface area contributed by atoms with E-state index in [2.05, 4.69) is 10.6 Å². The number of hydrogen-bond acceptors (Lipinski definition) is 4. The van der Waals surface area contributed by atoms with E-state index in [4.69, 9.17) is 5.73 Å². The van der Waals surface area contributed by atoms with Crippen LogP contribution in [-0.4, -0.2) is 12.2 Å². The molecule has 0 atom stereocenters. The number of nitrogens with one attached hydrogen (secondary N) is 2. The summed E-state index contributed by atoms with van der Waals surface area (Å²) in [5.41, 5.74) is 8.29. The Morgan fingerprint density at radius 1 is 1.06 bits per heavy atom. The molecule has 0 spiro atoms. The van der Waals surface area contributed by atoms with Crippen molar-refractivity contribution in [1.29, 1.82) is 0 Å². The van der Waals surface area contributed by atoms with Crippen molar-refractivity contribution in [3.63, 3.8) is 0 Å². The lowest BCUT2D eigenvalue weighted by Crippen LogP contribution is -2.09. The van der Waals surface area contributed by atoms with Crippen molar-refractivity contribution in [3.05, 3.63) is 89.5 Å². The fraction of sp³-hybridized carbons (Fsp3) is 0.125. The number of rotatable bonds is 7. The number of para-hydroxylation sites is 2. The molecule has 0 heterocycles. The molecule has 32 heavy (non-hydrogen) atoms. The zero-order chi connectivity index (χ0) is 23.1. The number of benzene rings is 3. The lowest BCUT2D eigenvalue weighted by atomic mass is 10.1. The molecule has 0 aliphatic heterocycles. The first-order valence-corrected chi connectivity index (χ1v) is 10.9. The molecule has 0 bridgehead atoms. The second kappa shape index (κ2) is 10.3. The van der Waals surface area contributed by atoms with Crippen molar-refractivity contribution >= 4 is 40.8 Å². The third kappa shape index (κ3) is 6.31. The lowest BCUT2D eigenvalue weighted by Gasteiger charge is -2.14. The summed E-state index contributed by atoms with van der Waals surface area (Å²) in [5, 5.41) is 5.73.